The molecule has 0 aliphatic carbocycles. The predicted molar refractivity (Wildman–Crippen MR) is 107 cm³/mol. The number of aromatic hydroxyl groups is 2. The Hall–Kier alpha value is -3.21. The topological polar surface area (TPSA) is 76.0 Å². The summed E-state index contributed by atoms with van der Waals surface area (Å²) in [6.07, 6.45) is 4.88. The second-order valence-corrected chi connectivity index (χ2v) is 5.70. The van der Waals surface area contributed by atoms with Crippen molar-refractivity contribution in [3.8, 4) is 23.0 Å². The summed E-state index contributed by atoms with van der Waals surface area (Å²) < 4.78 is 9.97. The van der Waals surface area contributed by atoms with E-state index in [-0.39, 0.29) is 23.0 Å². The number of carbonyl (C=O) groups is 1. The standard InChI is InChI=1S/C12H14O3.C10H12O2/c1-4-5-9-6-7-10(14)12(15-3)11(9)8(2)13;1-3-4-8-5-6-9(11)10(7-8)12-2/h4,6-7,14H,1,5H2,2-3H3;3,5-7,11H,1,4H2,2H3. The SMILES string of the molecule is C=CCc1ccc(O)c(OC)c1.C=CCc1ccc(O)c(OC)c1C(C)=O. The van der Waals surface area contributed by atoms with Crippen molar-refractivity contribution in [3.63, 3.8) is 0 Å². The van der Waals surface area contributed by atoms with E-state index in [2.05, 4.69) is 13.2 Å². The van der Waals surface area contributed by atoms with Crippen LogP contribution in [0.25, 0.3) is 0 Å². The number of ketones is 1. The van der Waals surface area contributed by atoms with Crippen molar-refractivity contribution >= 4 is 5.78 Å². The van der Waals surface area contributed by atoms with E-state index in [1.807, 2.05) is 12.1 Å². The van der Waals surface area contributed by atoms with Gasteiger partial charge in [-0.3, -0.25) is 4.79 Å². The lowest BCUT2D eigenvalue weighted by atomic mass is 10.00. The molecule has 0 spiro atoms. The van der Waals surface area contributed by atoms with E-state index in [1.165, 1.54) is 27.2 Å². The highest BCUT2D eigenvalue weighted by molar-refractivity contribution is 5.99. The summed E-state index contributed by atoms with van der Waals surface area (Å²) in [6.45, 7) is 8.70. The Morgan fingerprint density at radius 1 is 1.00 bits per heavy atom. The minimum Gasteiger partial charge on any atom is -0.504 e. The zero-order chi connectivity index (χ0) is 20.4. The molecule has 0 bridgehead atoms. The number of allylic oxidation sites excluding steroid dienone is 2. The first-order chi connectivity index (χ1) is 12.9. The lowest BCUT2D eigenvalue weighted by molar-refractivity contribution is 0.101. The molecule has 0 unspecified atom stereocenters. The predicted octanol–water partition coefficient (Wildman–Crippen LogP) is 4.46. The molecule has 0 atom stereocenters. The Labute approximate surface area is 160 Å². The van der Waals surface area contributed by atoms with Crippen LogP contribution in [0.15, 0.2) is 55.6 Å². The Balaban J connectivity index is 0.000000277. The molecule has 0 aromatic heterocycles. The van der Waals surface area contributed by atoms with Gasteiger partial charge in [-0.15, -0.1) is 13.2 Å². The molecule has 144 valence electrons. The number of benzene rings is 2. The Kier molecular flexibility index (Phi) is 8.66. The van der Waals surface area contributed by atoms with Crippen molar-refractivity contribution in [2.75, 3.05) is 14.2 Å². The van der Waals surface area contributed by atoms with Gasteiger partial charge < -0.3 is 19.7 Å². The fraction of sp³-hybridized carbons (Fsp3) is 0.227. The lowest BCUT2D eigenvalue weighted by Gasteiger charge is -2.11. The van der Waals surface area contributed by atoms with E-state index in [9.17, 15) is 15.0 Å². The fourth-order valence-electron chi connectivity index (χ4n) is 2.55. The second-order valence-electron chi connectivity index (χ2n) is 5.70. The Bertz CT molecular complexity index is 809. The Morgan fingerprint density at radius 3 is 2.15 bits per heavy atom. The second kappa shape index (κ2) is 10.7. The molecule has 0 aliphatic rings. The quantitative estimate of drug-likeness (QED) is 0.556. The van der Waals surface area contributed by atoms with Gasteiger partial charge in [0.25, 0.3) is 0 Å². The minimum atomic E-state index is -0.125. The van der Waals surface area contributed by atoms with Gasteiger partial charge in [0, 0.05) is 0 Å². The number of phenols is 2. The maximum atomic E-state index is 11.4. The fourth-order valence-corrected chi connectivity index (χ4v) is 2.55. The van der Waals surface area contributed by atoms with Crippen molar-refractivity contribution in [1.29, 1.82) is 0 Å². The lowest BCUT2D eigenvalue weighted by Crippen LogP contribution is -2.03. The number of methoxy groups -OCH3 is 2. The molecule has 5 nitrogen and oxygen atoms in total. The number of phenolic OH excluding ortho intramolecular Hbond substituents is 2. The normalized spacial score (nSPS) is 9.59. The average molecular weight is 370 g/mol. The van der Waals surface area contributed by atoms with Crippen LogP contribution >= 0.6 is 0 Å². The van der Waals surface area contributed by atoms with Crippen LogP contribution in [0.2, 0.25) is 0 Å². The third-order valence-corrected chi connectivity index (χ3v) is 3.77. The van der Waals surface area contributed by atoms with E-state index in [4.69, 9.17) is 9.47 Å². The summed E-state index contributed by atoms with van der Waals surface area (Å²) >= 11 is 0. The molecule has 0 fully saturated rings. The number of carbonyl (C=O) groups excluding carboxylic acids is 1. The van der Waals surface area contributed by atoms with Gasteiger partial charge >= 0.3 is 0 Å². The molecule has 0 radical (unpaired) electrons. The molecule has 5 heteroatoms. The third-order valence-electron chi connectivity index (χ3n) is 3.77. The van der Waals surface area contributed by atoms with Gasteiger partial charge in [0.05, 0.1) is 19.8 Å². The van der Waals surface area contributed by atoms with Crippen molar-refractivity contribution in [2.45, 2.75) is 19.8 Å². The highest BCUT2D eigenvalue weighted by atomic mass is 16.5. The molecule has 0 saturated carbocycles. The number of ether oxygens (including phenoxy) is 2. The van der Waals surface area contributed by atoms with Gasteiger partial charge in [0.2, 0.25) is 0 Å². The van der Waals surface area contributed by atoms with Crippen LogP contribution in [-0.2, 0) is 12.8 Å². The first kappa shape index (κ1) is 21.8. The summed E-state index contributed by atoms with van der Waals surface area (Å²) in [4.78, 5) is 11.4. The smallest absolute Gasteiger partial charge is 0.171 e. The molecule has 2 aromatic rings. The molecule has 2 rings (SSSR count). The van der Waals surface area contributed by atoms with Crippen molar-refractivity contribution in [2.24, 2.45) is 0 Å². The van der Waals surface area contributed by atoms with Crippen molar-refractivity contribution in [1.82, 2.24) is 0 Å². The van der Waals surface area contributed by atoms with E-state index in [0.717, 1.165) is 17.5 Å². The largest absolute Gasteiger partial charge is 0.504 e. The van der Waals surface area contributed by atoms with E-state index in [1.54, 1.807) is 24.3 Å². The maximum Gasteiger partial charge on any atom is 0.171 e. The molecule has 0 aliphatic heterocycles. The first-order valence-electron chi connectivity index (χ1n) is 8.36. The number of Topliss-reactive ketones (excluding diaryl/α,β-unsaturated/α-hetero) is 1. The molecule has 0 heterocycles. The van der Waals surface area contributed by atoms with E-state index in [0.29, 0.717) is 17.7 Å². The van der Waals surface area contributed by atoms with Crippen LogP contribution in [0, 0.1) is 0 Å². The number of rotatable bonds is 7. The van der Waals surface area contributed by atoms with Gasteiger partial charge in [-0.05, 0) is 49.1 Å². The van der Waals surface area contributed by atoms with Crippen LogP contribution in [0.3, 0.4) is 0 Å². The van der Waals surface area contributed by atoms with Crippen LogP contribution in [-0.4, -0.2) is 30.2 Å². The maximum absolute atomic E-state index is 11.4. The molecule has 2 aromatic carbocycles. The van der Waals surface area contributed by atoms with Crippen LogP contribution in [0.4, 0.5) is 0 Å². The van der Waals surface area contributed by atoms with Crippen LogP contribution in [0.5, 0.6) is 23.0 Å². The van der Waals surface area contributed by atoms with Gasteiger partial charge in [0.1, 0.15) is 0 Å². The molecule has 0 amide bonds. The third kappa shape index (κ3) is 5.92. The van der Waals surface area contributed by atoms with Crippen molar-refractivity contribution in [3.05, 3.63) is 72.3 Å². The highest BCUT2D eigenvalue weighted by Gasteiger charge is 2.16. The summed E-state index contributed by atoms with van der Waals surface area (Å²) in [6, 6.07) is 8.49. The highest BCUT2D eigenvalue weighted by Crippen LogP contribution is 2.33. The van der Waals surface area contributed by atoms with E-state index < -0.39 is 0 Å². The molecule has 0 saturated heterocycles. The summed E-state index contributed by atoms with van der Waals surface area (Å²) in [5.41, 5.74) is 2.32. The van der Waals surface area contributed by atoms with Gasteiger partial charge in [0.15, 0.2) is 28.8 Å². The molecular weight excluding hydrogens is 344 g/mol. The zero-order valence-electron chi connectivity index (χ0n) is 16.0. The number of hydrogen-bond acceptors (Lipinski definition) is 5. The van der Waals surface area contributed by atoms with Gasteiger partial charge in [-0.2, -0.15) is 0 Å². The zero-order valence-corrected chi connectivity index (χ0v) is 16.0. The van der Waals surface area contributed by atoms with Crippen LogP contribution in [0.1, 0.15) is 28.4 Å². The van der Waals surface area contributed by atoms with Gasteiger partial charge in [-0.1, -0.05) is 24.3 Å². The summed E-state index contributed by atoms with van der Waals surface area (Å²) in [7, 11) is 2.96. The Morgan fingerprint density at radius 2 is 1.63 bits per heavy atom. The number of hydrogen-bond donors (Lipinski definition) is 2. The average Bonchev–Trinajstić information content (AvgIpc) is 2.65. The summed E-state index contributed by atoms with van der Waals surface area (Å²) in [5.74, 6) is 0.775. The van der Waals surface area contributed by atoms with Crippen molar-refractivity contribution < 1.29 is 24.5 Å². The first-order valence-corrected chi connectivity index (χ1v) is 8.36. The molecule has 27 heavy (non-hydrogen) atoms. The van der Waals surface area contributed by atoms with Gasteiger partial charge in [-0.25, -0.2) is 0 Å². The minimum absolute atomic E-state index is 0.0180. The monoisotopic (exact) mass is 370 g/mol. The van der Waals surface area contributed by atoms with Crippen LogP contribution < -0.4 is 9.47 Å². The summed E-state index contributed by atoms with van der Waals surface area (Å²) in [5, 5.41) is 18.8. The molecule has 2 N–H and O–H groups in total. The van der Waals surface area contributed by atoms with E-state index >= 15 is 0 Å². The molecular formula is C22H26O5.